The zero-order valence-corrected chi connectivity index (χ0v) is 11.9. The number of benzene rings is 2. The third kappa shape index (κ3) is 2.59. The van der Waals surface area contributed by atoms with Gasteiger partial charge in [-0.05, 0) is 24.3 Å². The summed E-state index contributed by atoms with van der Waals surface area (Å²) in [5.41, 5.74) is 1.33. The quantitative estimate of drug-likeness (QED) is 0.875. The predicted octanol–water partition coefficient (Wildman–Crippen LogP) is 1.18. The lowest BCUT2D eigenvalue weighted by molar-refractivity contribution is 0.643. The number of nitrogens with zero attached hydrogens (tertiary/aromatic N) is 2. The summed E-state index contributed by atoms with van der Waals surface area (Å²) < 4.78 is 27.1. The molecule has 1 saturated heterocycles. The molecule has 2 N–H and O–H groups in total. The molecule has 0 amide bonds. The average Bonchev–Trinajstić information content (AvgIpc) is 2.51. The van der Waals surface area contributed by atoms with Gasteiger partial charge in [0.15, 0.2) is 0 Å². The highest BCUT2D eigenvalue weighted by Crippen LogP contribution is 2.19. The van der Waals surface area contributed by atoms with Crippen molar-refractivity contribution in [1.82, 2.24) is 9.66 Å². The minimum atomic E-state index is -1.58. The number of nitrogens with one attached hydrogen (secondary N) is 2. The first kappa shape index (κ1) is 13.3. The van der Waals surface area contributed by atoms with Crippen molar-refractivity contribution in [2.45, 2.75) is 0 Å². The van der Waals surface area contributed by atoms with Gasteiger partial charge in [-0.2, -0.15) is 8.83 Å². The third-order valence-corrected chi connectivity index (χ3v) is 4.81. The largest absolute Gasteiger partial charge is 0.231 e. The minimum absolute atomic E-state index is 0.666. The minimum Gasteiger partial charge on any atom is -0.216 e. The van der Waals surface area contributed by atoms with Gasteiger partial charge in [0, 0.05) is 0 Å². The molecule has 1 fully saturated rings. The number of rotatable bonds is 2. The van der Waals surface area contributed by atoms with Gasteiger partial charge in [0.2, 0.25) is 22.3 Å². The fourth-order valence-corrected chi connectivity index (χ4v) is 3.92. The Balaban J connectivity index is 1.84. The zero-order chi connectivity index (χ0) is 13.9. The molecule has 2 aromatic carbocycles. The second kappa shape index (κ2) is 5.71. The first-order valence-corrected chi connectivity index (χ1v) is 8.04. The average molecular weight is 308 g/mol. The van der Waals surface area contributed by atoms with Crippen molar-refractivity contribution in [2.75, 3.05) is 8.83 Å². The van der Waals surface area contributed by atoms with Crippen LogP contribution in [0.15, 0.2) is 60.7 Å². The van der Waals surface area contributed by atoms with E-state index in [0.717, 1.165) is 0 Å². The van der Waals surface area contributed by atoms with Gasteiger partial charge in [-0.1, -0.05) is 36.4 Å². The maximum Gasteiger partial charge on any atom is 0.231 e. The van der Waals surface area contributed by atoms with Gasteiger partial charge in [-0.15, -0.1) is 9.66 Å². The summed E-state index contributed by atoms with van der Waals surface area (Å²) in [6, 6.07) is 18.1. The van der Waals surface area contributed by atoms with Crippen molar-refractivity contribution in [1.29, 1.82) is 0 Å². The van der Waals surface area contributed by atoms with Crippen LogP contribution in [0.5, 0.6) is 0 Å². The molecular weight excluding hydrogens is 296 g/mol. The SMILES string of the molecule is O=[S@@]1NN(c2ccccc2)[S@@](=O)NN1c1ccccc1. The van der Waals surface area contributed by atoms with Crippen LogP contribution in [0.2, 0.25) is 0 Å². The van der Waals surface area contributed by atoms with Crippen LogP contribution < -0.4 is 18.5 Å². The maximum atomic E-state index is 12.2. The Morgan fingerprint density at radius 2 is 1.00 bits per heavy atom. The smallest absolute Gasteiger partial charge is 0.216 e. The molecule has 3 rings (SSSR count). The molecule has 1 aliphatic heterocycles. The molecule has 0 radical (unpaired) electrons. The summed E-state index contributed by atoms with van der Waals surface area (Å²) >= 11 is -3.15. The summed E-state index contributed by atoms with van der Waals surface area (Å²) in [6.07, 6.45) is 0. The monoisotopic (exact) mass is 308 g/mol. The highest BCUT2D eigenvalue weighted by Gasteiger charge is 2.29. The van der Waals surface area contributed by atoms with Gasteiger partial charge >= 0.3 is 0 Å². The van der Waals surface area contributed by atoms with Crippen LogP contribution in [-0.4, -0.2) is 8.42 Å². The van der Waals surface area contributed by atoms with Gasteiger partial charge in [-0.25, -0.2) is 8.42 Å². The van der Waals surface area contributed by atoms with Crippen molar-refractivity contribution >= 4 is 33.7 Å². The van der Waals surface area contributed by atoms with Crippen molar-refractivity contribution in [3.8, 4) is 0 Å². The molecular formula is C12H12N4O2S2. The first-order chi connectivity index (χ1) is 9.75. The molecule has 20 heavy (non-hydrogen) atoms. The molecule has 1 aliphatic rings. The van der Waals surface area contributed by atoms with E-state index in [4.69, 9.17) is 0 Å². The molecule has 8 heteroatoms. The number of hydrogen-bond acceptors (Lipinski definition) is 2. The number of hydrazine groups is 2. The summed E-state index contributed by atoms with van der Waals surface area (Å²) in [6.45, 7) is 0. The van der Waals surface area contributed by atoms with Crippen LogP contribution in [0.4, 0.5) is 11.4 Å². The summed E-state index contributed by atoms with van der Waals surface area (Å²) in [5.74, 6) is 0. The van der Waals surface area contributed by atoms with Gasteiger partial charge in [-0.3, -0.25) is 0 Å². The Morgan fingerprint density at radius 3 is 1.35 bits per heavy atom. The maximum absolute atomic E-state index is 12.2. The first-order valence-electron chi connectivity index (χ1n) is 5.82. The third-order valence-electron chi connectivity index (χ3n) is 2.64. The Labute approximate surface area is 121 Å². The Kier molecular flexibility index (Phi) is 3.79. The van der Waals surface area contributed by atoms with Gasteiger partial charge in [0.05, 0.1) is 11.4 Å². The molecule has 104 valence electrons. The van der Waals surface area contributed by atoms with E-state index < -0.39 is 22.3 Å². The molecule has 2 aromatic rings. The highest BCUT2D eigenvalue weighted by atomic mass is 32.2. The second-order valence-corrected chi connectivity index (χ2v) is 6.03. The Hall–Kier alpha value is -1.74. The standard InChI is InChI=1S/C12H12N4O2S2/c17-19-14-16(12-9-5-2-6-10-12)20(18)13-15(19)11-7-3-1-4-8-11/h1-10,13-14H/t19-,20+. The lowest BCUT2D eigenvalue weighted by atomic mass is 10.3. The van der Waals surface area contributed by atoms with E-state index in [0.29, 0.717) is 11.4 Å². The van der Waals surface area contributed by atoms with E-state index >= 15 is 0 Å². The second-order valence-electron chi connectivity index (χ2n) is 3.94. The molecule has 0 unspecified atom stereocenters. The van der Waals surface area contributed by atoms with Crippen molar-refractivity contribution in [3.63, 3.8) is 0 Å². The van der Waals surface area contributed by atoms with Crippen molar-refractivity contribution in [3.05, 3.63) is 60.7 Å². The predicted molar refractivity (Wildman–Crippen MR) is 80.4 cm³/mol. The molecule has 0 saturated carbocycles. The Bertz CT molecular complexity index is 581. The van der Waals surface area contributed by atoms with Gasteiger partial charge < -0.3 is 0 Å². The highest BCUT2D eigenvalue weighted by molar-refractivity contribution is 7.91. The molecule has 0 bridgehead atoms. The zero-order valence-electron chi connectivity index (χ0n) is 10.3. The number of hydrogen-bond donors (Lipinski definition) is 2. The van der Waals surface area contributed by atoms with Crippen LogP contribution in [0.3, 0.4) is 0 Å². The molecule has 0 aliphatic carbocycles. The molecule has 2 atom stereocenters. The van der Waals surface area contributed by atoms with E-state index in [9.17, 15) is 8.42 Å². The molecule has 6 nitrogen and oxygen atoms in total. The van der Waals surface area contributed by atoms with Crippen LogP contribution in [-0.2, 0) is 22.3 Å². The number of anilines is 2. The van der Waals surface area contributed by atoms with E-state index in [2.05, 4.69) is 9.66 Å². The van der Waals surface area contributed by atoms with Crippen LogP contribution in [0, 0.1) is 0 Å². The topological polar surface area (TPSA) is 64.7 Å². The van der Waals surface area contributed by atoms with Crippen molar-refractivity contribution in [2.24, 2.45) is 0 Å². The normalized spacial score (nSPS) is 22.8. The van der Waals surface area contributed by atoms with Crippen molar-refractivity contribution < 1.29 is 8.42 Å². The molecule has 0 aromatic heterocycles. The fourth-order valence-electron chi connectivity index (χ4n) is 1.71. The lowest BCUT2D eigenvalue weighted by Gasteiger charge is -2.34. The number of para-hydroxylation sites is 2. The Morgan fingerprint density at radius 1 is 0.650 bits per heavy atom. The summed E-state index contributed by atoms with van der Waals surface area (Å²) in [5, 5.41) is 0. The van der Waals surface area contributed by atoms with Crippen LogP contribution in [0.1, 0.15) is 0 Å². The van der Waals surface area contributed by atoms with E-state index in [1.54, 1.807) is 24.3 Å². The van der Waals surface area contributed by atoms with Gasteiger partial charge in [0.1, 0.15) is 0 Å². The fraction of sp³-hybridized carbons (Fsp3) is 0. The summed E-state index contributed by atoms with van der Waals surface area (Å²) in [7, 11) is 0. The van der Waals surface area contributed by atoms with Crippen LogP contribution >= 0.6 is 0 Å². The summed E-state index contributed by atoms with van der Waals surface area (Å²) in [4.78, 5) is 5.40. The van der Waals surface area contributed by atoms with E-state index in [1.807, 2.05) is 36.4 Å². The van der Waals surface area contributed by atoms with Gasteiger partial charge in [0.25, 0.3) is 0 Å². The van der Waals surface area contributed by atoms with E-state index in [-0.39, 0.29) is 0 Å². The van der Waals surface area contributed by atoms with Crippen LogP contribution in [0.25, 0.3) is 0 Å². The lowest BCUT2D eigenvalue weighted by Crippen LogP contribution is -2.61. The molecule has 1 heterocycles. The van der Waals surface area contributed by atoms with E-state index in [1.165, 1.54) is 8.83 Å². The molecule has 0 spiro atoms.